The van der Waals surface area contributed by atoms with Gasteiger partial charge in [0.1, 0.15) is 22.8 Å². The minimum atomic E-state index is -0.418. The van der Waals surface area contributed by atoms with E-state index in [-0.39, 0.29) is 17.2 Å². The lowest BCUT2D eigenvalue weighted by Gasteiger charge is -2.13. The molecule has 4 rings (SSSR count). The molecule has 0 spiro atoms. The van der Waals surface area contributed by atoms with E-state index in [2.05, 4.69) is 15.3 Å². The van der Waals surface area contributed by atoms with Crippen LogP contribution in [0.1, 0.15) is 5.69 Å². The smallest absolute Gasteiger partial charge is 0.283 e. The minimum Gasteiger partial charge on any atom is -0.497 e. The maximum absolute atomic E-state index is 13.4. The Balaban J connectivity index is 1.63. The van der Waals surface area contributed by atoms with E-state index in [1.54, 1.807) is 31.4 Å². The molecule has 10 heteroatoms. The first kappa shape index (κ1) is 22.4. The van der Waals surface area contributed by atoms with Crippen LogP contribution in [0.5, 0.6) is 11.5 Å². The van der Waals surface area contributed by atoms with Crippen molar-refractivity contribution in [2.24, 2.45) is 0 Å². The number of carbonyl (C=O) groups is 1. The van der Waals surface area contributed by atoms with Crippen LogP contribution in [0.25, 0.3) is 16.7 Å². The maximum atomic E-state index is 13.4. The third kappa shape index (κ3) is 4.70. The second-order valence-electron chi connectivity index (χ2n) is 7.13. The highest BCUT2D eigenvalue weighted by Crippen LogP contribution is 2.29. The van der Waals surface area contributed by atoms with E-state index in [0.29, 0.717) is 39.1 Å². The summed E-state index contributed by atoms with van der Waals surface area (Å²) >= 11 is 1.10. The summed E-state index contributed by atoms with van der Waals surface area (Å²) in [5.74, 6) is 0.310. The molecule has 0 aliphatic rings. The first-order valence-corrected chi connectivity index (χ1v) is 10.9. The summed E-state index contributed by atoms with van der Waals surface area (Å²) in [4.78, 5) is 33.4. The van der Waals surface area contributed by atoms with Crippen LogP contribution in [-0.4, -0.2) is 40.4 Å². The van der Waals surface area contributed by atoms with Gasteiger partial charge in [-0.15, -0.1) is 0 Å². The van der Waals surface area contributed by atoms with Gasteiger partial charge in [0.05, 0.1) is 36.9 Å². The van der Waals surface area contributed by atoms with Crippen molar-refractivity contribution in [3.63, 3.8) is 0 Å². The molecule has 1 amide bonds. The van der Waals surface area contributed by atoms with Crippen LogP contribution in [0.15, 0.2) is 58.5 Å². The van der Waals surface area contributed by atoms with Gasteiger partial charge in [0.15, 0.2) is 5.16 Å². The number of rotatable bonds is 7. The lowest BCUT2D eigenvalue weighted by atomic mass is 10.2. The summed E-state index contributed by atoms with van der Waals surface area (Å²) in [7, 11) is 3.04. The Kier molecular flexibility index (Phi) is 6.36. The van der Waals surface area contributed by atoms with Crippen molar-refractivity contribution in [1.82, 2.24) is 14.5 Å². The van der Waals surface area contributed by atoms with Crippen molar-refractivity contribution in [3.8, 4) is 17.2 Å². The van der Waals surface area contributed by atoms with Crippen LogP contribution in [-0.2, 0) is 4.79 Å². The first-order chi connectivity index (χ1) is 15.9. The van der Waals surface area contributed by atoms with Crippen LogP contribution in [0.4, 0.5) is 10.1 Å². The van der Waals surface area contributed by atoms with Gasteiger partial charge in [-0.25, -0.2) is 9.37 Å². The first-order valence-electron chi connectivity index (χ1n) is 9.92. The quantitative estimate of drug-likeness (QED) is 0.315. The Bertz CT molecular complexity index is 1380. The number of nitrogens with zero attached hydrogens (tertiary/aromatic N) is 2. The molecule has 2 aromatic carbocycles. The normalized spacial score (nSPS) is 10.9. The Morgan fingerprint density at radius 2 is 1.91 bits per heavy atom. The van der Waals surface area contributed by atoms with Crippen molar-refractivity contribution < 1.29 is 18.7 Å². The number of aromatic nitrogens is 3. The van der Waals surface area contributed by atoms with Crippen LogP contribution in [0.3, 0.4) is 0 Å². The van der Waals surface area contributed by atoms with Crippen molar-refractivity contribution in [2.45, 2.75) is 12.1 Å². The van der Waals surface area contributed by atoms with Gasteiger partial charge in [-0.2, -0.15) is 0 Å². The maximum Gasteiger partial charge on any atom is 0.283 e. The highest BCUT2D eigenvalue weighted by atomic mass is 32.2. The second-order valence-corrected chi connectivity index (χ2v) is 8.07. The summed E-state index contributed by atoms with van der Waals surface area (Å²) in [6, 6.07) is 12.3. The Labute approximate surface area is 192 Å². The standard InChI is InChI=1S/C23H21FN4O4S/c1-13-10-18-21(25-13)22(30)28(15-6-4-14(24)5-7-15)23(27-18)33-12-20(29)26-17-9-8-16(31-2)11-19(17)32-3/h4-11,25H,12H2,1-3H3,(H,26,29). The molecule has 0 fully saturated rings. The van der Waals surface area contributed by atoms with Crippen molar-refractivity contribution in [1.29, 1.82) is 0 Å². The van der Waals surface area contributed by atoms with Crippen LogP contribution < -0.4 is 20.3 Å². The molecule has 2 heterocycles. The number of hydrogen-bond acceptors (Lipinski definition) is 6. The number of fused-ring (bicyclic) bond motifs is 1. The van der Waals surface area contributed by atoms with Gasteiger partial charge in [-0.3, -0.25) is 14.2 Å². The second kappa shape index (κ2) is 9.37. The summed E-state index contributed by atoms with van der Waals surface area (Å²) in [6.07, 6.45) is 0. The number of methoxy groups -OCH3 is 2. The Morgan fingerprint density at radius 1 is 1.15 bits per heavy atom. The SMILES string of the molecule is COc1ccc(NC(=O)CSc2nc3cc(C)[nH]c3c(=O)n2-c2ccc(F)cc2)c(OC)c1. The highest BCUT2D eigenvalue weighted by molar-refractivity contribution is 7.99. The third-order valence-corrected chi connectivity index (χ3v) is 5.79. The molecule has 0 aliphatic heterocycles. The molecule has 33 heavy (non-hydrogen) atoms. The van der Waals surface area contributed by atoms with E-state index in [9.17, 15) is 14.0 Å². The summed E-state index contributed by atoms with van der Waals surface area (Å²) in [6.45, 7) is 1.83. The van der Waals surface area contributed by atoms with Crippen molar-refractivity contribution in [2.75, 3.05) is 25.3 Å². The molecule has 170 valence electrons. The minimum absolute atomic E-state index is 0.0161. The summed E-state index contributed by atoms with van der Waals surface area (Å²) in [5, 5.41) is 3.11. The lowest BCUT2D eigenvalue weighted by molar-refractivity contribution is -0.113. The number of halogens is 1. The fourth-order valence-corrected chi connectivity index (χ4v) is 4.12. The number of thioether (sulfide) groups is 1. The number of carbonyl (C=O) groups excluding carboxylic acids is 1. The number of ether oxygens (including phenoxy) is 2. The fourth-order valence-electron chi connectivity index (χ4n) is 3.31. The zero-order valence-corrected chi connectivity index (χ0v) is 19.0. The average Bonchev–Trinajstić information content (AvgIpc) is 3.19. The van der Waals surface area contributed by atoms with Gasteiger partial charge in [0.2, 0.25) is 5.91 Å². The van der Waals surface area contributed by atoms with E-state index >= 15 is 0 Å². The molecule has 0 bridgehead atoms. The van der Waals surface area contributed by atoms with Crippen LogP contribution in [0, 0.1) is 12.7 Å². The molecule has 0 atom stereocenters. The van der Waals surface area contributed by atoms with E-state index in [4.69, 9.17) is 9.47 Å². The molecule has 2 N–H and O–H groups in total. The van der Waals surface area contributed by atoms with Crippen LogP contribution >= 0.6 is 11.8 Å². The Hall–Kier alpha value is -3.79. The number of nitrogens with one attached hydrogen (secondary N) is 2. The number of aryl methyl sites for hydroxylation is 1. The van der Waals surface area contributed by atoms with E-state index < -0.39 is 5.82 Å². The highest BCUT2D eigenvalue weighted by Gasteiger charge is 2.17. The molecule has 4 aromatic rings. The molecular formula is C23H21FN4O4S. The van der Waals surface area contributed by atoms with E-state index in [1.165, 1.54) is 35.9 Å². The van der Waals surface area contributed by atoms with Gasteiger partial charge < -0.3 is 19.8 Å². The van der Waals surface area contributed by atoms with Gasteiger partial charge in [-0.05, 0) is 49.4 Å². The predicted octanol–water partition coefficient (Wildman–Crippen LogP) is 3.91. The zero-order chi connectivity index (χ0) is 23.5. The number of anilines is 1. The molecule has 0 unspecified atom stereocenters. The molecule has 0 radical (unpaired) electrons. The van der Waals surface area contributed by atoms with E-state index in [1.807, 2.05) is 6.92 Å². The van der Waals surface area contributed by atoms with Crippen LogP contribution in [0.2, 0.25) is 0 Å². The van der Waals surface area contributed by atoms with Gasteiger partial charge in [-0.1, -0.05) is 11.8 Å². The van der Waals surface area contributed by atoms with Crippen molar-refractivity contribution >= 4 is 34.4 Å². The molecule has 0 aliphatic carbocycles. The molecule has 8 nitrogen and oxygen atoms in total. The average molecular weight is 469 g/mol. The topological polar surface area (TPSA) is 98.2 Å². The molecule has 0 saturated carbocycles. The van der Waals surface area contributed by atoms with Gasteiger partial charge in [0, 0.05) is 11.8 Å². The zero-order valence-electron chi connectivity index (χ0n) is 18.1. The number of H-pyrrole nitrogens is 1. The number of amides is 1. The van der Waals surface area contributed by atoms with Crippen molar-refractivity contribution in [3.05, 3.63) is 70.4 Å². The lowest BCUT2D eigenvalue weighted by Crippen LogP contribution is -2.23. The molecular weight excluding hydrogens is 447 g/mol. The number of hydrogen-bond donors (Lipinski definition) is 2. The van der Waals surface area contributed by atoms with Gasteiger partial charge in [0.25, 0.3) is 5.56 Å². The Morgan fingerprint density at radius 3 is 2.61 bits per heavy atom. The summed E-state index contributed by atoms with van der Waals surface area (Å²) in [5.41, 5.74) is 2.22. The van der Waals surface area contributed by atoms with E-state index in [0.717, 1.165) is 17.5 Å². The number of benzene rings is 2. The largest absolute Gasteiger partial charge is 0.497 e. The predicted molar refractivity (Wildman–Crippen MR) is 125 cm³/mol. The number of aromatic amines is 1. The monoisotopic (exact) mass is 468 g/mol. The van der Waals surface area contributed by atoms with Gasteiger partial charge >= 0.3 is 0 Å². The third-order valence-electron chi connectivity index (χ3n) is 4.86. The molecule has 0 saturated heterocycles. The summed E-state index contributed by atoms with van der Waals surface area (Å²) < 4.78 is 25.3. The molecule has 2 aromatic heterocycles. The fraction of sp³-hybridized carbons (Fsp3) is 0.174.